The standard InChI is InChI=1S/C23H26N4O/c1-2-3-12-26-13-15-27(16-14-26)23(28)20-17-22(18-8-10-24-11-9-18)25-21-7-5-4-6-19(20)21/h4-11,17H,2-3,12-16H2,1H3. The van der Waals surface area contributed by atoms with E-state index < -0.39 is 0 Å². The molecule has 0 unspecified atom stereocenters. The molecule has 0 spiro atoms. The van der Waals surface area contributed by atoms with E-state index in [4.69, 9.17) is 4.98 Å². The molecule has 1 aliphatic rings. The average molecular weight is 374 g/mol. The van der Waals surface area contributed by atoms with E-state index >= 15 is 0 Å². The van der Waals surface area contributed by atoms with E-state index in [2.05, 4.69) is 16.8 Å². The van der Waals surface area contributed by atoms with E-state index in [0.717, 1.165) is 60.4 Å². The van der Waals surface area contributed by atoms with Crippen molar-refractivity contribution in [1.82, 2.24) is 19.8 Å². The topological polar surface area (TPSA) is 49.3 Å². The van der Waals surface area contributed by atoms with Crippen LogP contribution in [0.5, 0.6) is 0 Å². The quantitative estimate of drug-likeness (QED) is 0.681. The molecule has 0 N–H and O–H groups in total. The van der Waals surface area contributed by atoms with Gasteiger partial charge in [0, 0.05) is 49.5 Å². The van der Waals surface area contributed by atoms with Crippen LogP contribution in [0.3, 0.4) is 0 Å². The average Bonchev–Trinajstić information content (AvgIpc) is 2.77. The molecule has 0 radical (unpaired) electrons. The fraction of sp³-hybridized carbons (Fsp3) is 0.348. The van der Waals surface area contributed by atoms with Crippen LogP contribution in [0.15, 0.2) is 54.9 Å². The van der Waals surface area contributed by atoms with E-state index in [0.29, 0.717) is 0 Å². The van der Waals surface area contributed by atoms with Gasteiger partial charge in [-0.25, -0.2) is 4.98 Å². The van der Waals surface area contributed by atoms with Crippen molar-refractivity contribution in [1.29, 1.82) is 0 Å². The largest absolute Gasteiger partial charge is 0.336 e. The fourth-order valence-electron chi connectivity index (χ4n) is 3.75. The molecule has 0 saturated carbocycles. The third-order valence-corrected chi connectivity index (χ3v) is 5.41. The van der Waals surface area contributed by atoms with Gasteiger partial charge in [-0.1, -0.05) is 31.5 Å². The van der Waals surface area contributed by atoms with Crippen molar-refractivity contribution >= 4 is 16.8 Å². The fourth-order valence-corrected chi connectivity index (χ4v) is 3.75. The molecule has 0 aliphatic carbocycles. The van der Waals surface area contributed by atoms with Crippen LogP contribution in [0.25, 0.3) is 22.2 Å². The number of unbranched alkanes of at least 4 members (excludes halogenated alkanes) is 1. The summed E-state index contributed by atoms with van der Waals surface area (Å²) in [6.45, 7) is 6.81. The van der Waals surface area contributed by atoms with E-state index in [1.807, 2.05) is 47.4 Å². The molecular formula is C23H26N4O. The van der Waals surface area contributed by atoms with Gasteiger partial charge in [0.05, 0.1) is 16.8 Å². The first-order chi connectivity index (χ1) is 13.8. The summed E-state index contributed by atoms with van der Waals surface area (Å²) in [5.41, 5.74) is 3.37. The molecule has 1 fully saturated rings. The first kappa shape index (κ1) is 18.6. The molecule has 1 saturated heterocycles. The Kier molecular flexibility index (Phi) is 5.63. The maximum absolute atomic E-state index is 13.4. The number of fused-ring (bicyclic) bond motifs is 1. The lowest BCUT2D eigenvalue weighted by Crippen LogP contribution is -2.48. The van der Waals surface area contributed by atoms with Gasteiger partial charge in [0.1, 0.15) is 0 Å². The predicted octanol–water partition coefficient (Wildman–Crippen LogP) is 3.85. The number of aromatic nitrogens is 2. The van der Waals surface area contributed by atoms with Crippen molar-refractivity contribution in [3.63, 3.8) is 0 Å². The minimum Gasteiger partial charge on any atom is -0.336 e. The lowest BCUT2D eigenvalue weighted by atomic mass is 10.0. The van der Waals surface area contributed by atoms with E-state index in [-0.39, 0.29) is 5.91 Å². The number of hydrogen-bond donors (Lipinski definition) is 0. The Bertz CT molecular complexity index is 949. The molecule has 4 rings (SSSR count). The minimum atomic E-state index is 0.101. The molecule has 3 heterocycles. The molecule has 1 aliphatic heterocycles. The number of amides is 1. The normalized spacial score (nSPS) is 15.1. The molecular weight excluding hydrogens is 348 g/mol. The number of rotatable bonds is 5. The second-order valence-corrected chi connectivity index (χ2v) is 7.30. The number of carbonyl (C=O) groups is 1. The van der Waals surface area contributed by atoms with Gasteiger partial charge in [0.15, 0.2) is 0 Å². The monoisotopic (exact) mass is 374 g/mol. The molecule has 144 valence electrons. The highest BCUT2D eigenvalue weighted by Crippen LogP contribution is 2.26. The summed E-state index contributed by atoms with van der Waals surface area (Å²) in [4.78, 5) is 26.7. The van der Waals surface area contributed by atoms with E-state index in [9.17, 15) is 4.79 Å². The zero-order valence-corrected chi connectivity index (χ0v) is 16.3. The smallest absolute Gasteiger partial charge is 0.254 e. The van der Waals surface area contributed by atoms with Gasteiger partial charge in [0.2, 0.25) is 0 Å². The maximum atomic E-state index is 13.4. The lowest BCUT2D eigenvalue weighted by molar-refractivity contribution is 0.0637. The predicted molar refractivity (Wildman–Crippen MR) is 112 cm³/mol. The number of pyridine rings is 2. The minimum absolute atomic E-state index is 0.101. The van der Waals surface area contributed by atoms with Gasteiger partial charge in [-0.3, -0.25) is 14.7 Å². The first-order valence-corrected chi connectivity index (χ1v) is 10.1. The highest BCUT2D eigenvalue weighted by atomic mass is 16.2. The van der Waals surface area contributed by atoms with Gasteiger partial charge in [-0.15, -0.1) is 0 Å². The Balaban J connectivity index is 1.63. The zero-order valence-electron chi connectivity index (χ0n) is 16.3. The second-order valence-electron chi connectivity index (χ2n) is 7.30. The molecule has 0 bridgehead atoms. The highest BCUT2D eigenvalue weighted by molar-refractivity contribution is 6.07. The molecule has 0 atom stereocenters. The number of carbonyl (C=O) groups excluding carboxylic acids is 1. The van der Waals surface area contributed by atoms with Gasteiger partial charge < -0.3 is 4.90 Å². The summed E-state index contributed by atoms with van der Waals surface area (Å²) in [6, 6.07) is 13.7. The molecule has 2 aromatic heterocycles. The molecule has 3 aromatic rings. The summed E-state index contributed by atoms with van der Waals surface area (Å²) < 4.78 is 0. The van der Waals surface area contributed by atoms with E-state index in [1.165, 1.54) is 12.8 Å². The van der Waals surface area contributed by atoms with Crippen LogP contribution in [0.1, 0.15) is 30.1 Å². The lowest BCUT2D eigenvalue weighted by Gasteiger charge is -2.35. The number of piperazine rings is 1. The van der Waals surface area contributed by atoms with Gasteiger partial charge in [-0.2, -0.15) is 0 Å². The van der Waals surface area contributed by atoms with Crippen molar-refractivity contribution in [2.45, 2.75) is 19.8 Å². The highest BCUT2D eigenvalue weighted by Gasteiger charge is 2.24. The molecule has 1 aromatic carbocycles. The second kappa shape index (κ2) is 8.48. The molecule has 1 amide bonds. The summed E-state index contributed by atoms with van der Waals surface area (Å²) in [5, 5.41) is 0.915. The van der Waals surface area contributed by atoms with Crippen molar-refractivity contribution in [2.24, 2.45) is 0 Å². The third kappa shape index (κ3) is 3.90. The number of hydrogen-bond acceptors (Lipinski definition) is 4. The van der Waals surface area contributed by atoms with Crippen LogP contribution < -0.4 is 0 Å². The third-order valence-electron chi connectivity index (χ3n) is 5.41. The van der Waals surface area contributed by atoms with Crippen molar-refractivity contribution < 1.29 is 4.79 Å². The van der Waals surface area contributed by atoms with Crippen LogP contribution in [0, 0.1) is 0 Å². The number of para-hydroxylation sites is 1. The SMILES string of the molecule is CCCCN1CCN(C(=O)c2cc(-c3ccncc3)nc3ccccc23)CC1. The van der Waals surface area contributed by atoms with Crippen molar-refractivity contribution in [2.75, 3.05) is 32.7 Å². The summed E-state index contributed by atoms with van der Waals surface area (Å²) >= 11 is 0. The molecule has 5 nitrogen and oxygen atoms in total. The van der Waals surface area contributed by atoms with Crippen LogP contribution in [0.2, 0.25) is 0 Å². The first-order valence-electron chi connectivity index (χ1n) is 10.1. The van der Waals surface area contributed by atoms with Crippen LogP contribution in [-0.4, -0.2) is 58.4 Å². The Labute approximate surface area is 166 Å². The van der Waals surface area contributed by atoms with Crippen LogP contribution >= 0.6 is 0 Å². The Hall–Kier alpha value is -2.79. The van der Waals surface area contributed by atoms with E-state index in [1.54, 1.807) is 12.4 Å². The summed E-state index contributed by atoms with van der Waals surface area (Å²) in [7, 11) is 0. The van der Waals surface area contributed by atoms with Crippen LogP contribution in [-0.2, 0) is 0 Å². The maximum Gasteiger partial charge on any atom is 0.254 e. The van der Waals surface area contributed by atoms with Crippen molar-refractivity contribution in [3.8, 4) is 11.3 Å². The number of benzene rings is 1. The molecule has 28 heavy (non-hydrogen) atoms. The van der Waals surface area contributed by atoms with Crippen LogP contribution in [0.4, 0.5) is 0 Å². The Morgan fingerprint density at radius 1 is 1.04 bits per heavy atom. The zero-order chi connectivity index (χ0) is 19.3. The number of nitrogens with zero attached hydrogens (tertiary/aromatic N) is 4. The Morgan fingerprint density at radius 2 is 1.79 bits per heavy atom. The van der Waals surface area contributed by atoms with Gasteiger partial charge in [0.25, 0.3) is 5.91 Å². The van der Waals surface area contributed by atoms with Gasteiger partial charge in [-0.05, 0) is 37.2 Å². The summed E-state index contributed by atoms with van der Waals surface area (Å²) in [5.74, 6) is 0.101. The summed E-state index contributed by atoms with van der Waals surface area (Å²) in [6.07, 6.45) is 5.94. The van der Waals surface area contributed by atoms with Crippen molar-refractivity contribution in [3.05, 3.63) is 60.4 Å². The molecule has 5 heteroatoms. The van der Waals surface area contributed by atoms with Gasteiger partial charge >= 0.3 is 0 Å². The Morgan fingerprint density at radius 3 is 2.54 bits per heavy atom.